The molecule has 1 aliphatic rings. The number of hydrogen-bond acceptors (Lipinski definition) is 8. The molecule has 2 aromatic carbocycles. The molecular weight excluding hydrogens is 530 g/mol. The van der Waals surface area contributed by atoms with Gasteiger partial charge in [0, 0.05) is 28.7 Å². The van der Waals surface area contributed by atoms with Crippen LogP contribution in [0.4, 0.5) is 16.5 Å². The molecule has 1 saturated carbocycles. The summed E-state index contributed by atoms with van der Waals surface area (Å²) in [7, 11) is 0. The van der Waals surface area contributed by atoms with E-state index in [0.717, 1.165) is 47.2 Å². The number of aliphatic hydroxyl groups is 1. The minimum absolute atomic E-state index is 0. The zero-order valence-corrected chi connectivity index (χ0v) is 22.5. The number of nitrogens with one attached hydrogen (secondary N) is 1. The molecule has 1 aliphatic carbocycles. The van der Waals surface area contributed by atoms with Crippen molar-refractivity contribution in [2.24, 2.45) is 5.92 Å². The van der Waals surface area contributed by atoms with Crippen molar-refractivity contribution in [2.75, 3.05) is 22.5 Å². The van der Waals surface area contributed by atoms with Gasteiger partial charge in [0.1, 0.15) is 6.54 Å². The molecule has 0 unspecified atom stereocenters. The Hall–Kier alpha value is -3.05. The van der Waals surface area contributed by atoms with Gasteiger partial charge < -0.3 is 21.1 Å². The molecule has 194 valence electrons. The fraction of sp³-hybridized carbons (Fsp3) is 0.308. The SMILES string of the molecule is Cl.Nc1nc(-c2ccc(NC(=O)CN(C(=O)CC3CCC(O)CC3)c3ccc4ncsc4c3)cc2)cs1. The van der Waals surface area contributed by atoms with Crippen LogP contribution in [0.2, 0.25) is 0 Å². The molecular formula is C26H28ClN5O3S2. The number of anilines is 3. The Bertz CT molecular complexity index is 1370. The lowest BCUT2D eigenvalue weighted by Crippen LogP contribution is -2.39. The third kappa shape index (κ3) is 6.64. The zero-order chi connectivity index (χ0) is 25.1. The molecule has 2 aromatic heterocycles. The van der Waals surface area contributed by atoms with Gasteiger partial charge in [-0.05, 0) is 61.9 Å². The fourth-order valence-corrected chi connectivity index (χ4v) is 5.81. The van der Waals surface area contributed by atoms with Crippen molar-refractivity contribution in [1.82, 2.24) is 9.97 Å². The minimum atomic E-state index is -0.280. The summed E-state index contributed by atoms with van der Waals surface area (Å²) in [6.07, 6.45) is 3.15. The van der Waals surface area contributed by atoms with Crippen molar-refractivity contribution >= 4 is 73.6 Å². The van der Waals surface area contributed by atoms with Gasteiger partial charge in [-0.15, -0.1) is 35.1 Å². The average molecular weight is 558 g/mol. The van der Waals surface area contributed by atoms with Crippen LogP contribution in [-0.4, -0.2) is 39.5 Å². The second-order valence-corrected chi connectivity index (χ2v) is 10.8. The van der Waals surface area contributed by atoms with Gasteiger partial charge >= 0.3 is 0 Å². The van der Waals surface area contributed by atoms with Gasteiger partial charge in [-0.1, -0.05) is 12.1 Å². The molecule has 37 heavy (non-hydrogen) atoms. The van der Waals surface area contributed by atoms with Gasteiger partial charge in [0.2, 0.25) is 11.8 Å². The van der Waals surface area contributed by atoms with Gasteiger partial charge in [0.25, 0.3) is 0 Å². The lowest BCUT2D eigenvalue weighted by Gasteiger charge is -2.28. The molecule has 4 aromatic rings. The molecule has 4 N–H and O–H groups in total. The second kappa shape index (κ2) is 12.0. The Labute approximate surface area is 229 Å². The molecule has 0 radical (unpaired) electrons. The van der Waals surface area contributed by atoms with E-state index in [1.54, 1.807) is 10.4 Å². The number of rotatable bonds is 7. The van der Waals surface area contributed by atoms with Gasteiger partial charge in [-0.25, -0.2) is 9.97 Å². The van der Waals surface area contributed by atoms with Gasteiger partial charge in [0.15, 0.2) is 5.13 Å². The summed E-state index contributed by atoms with van der Waals surface area (Å²) in [5.74, 6) is -0.157. The zero-order valence-electron chi connectivity index (χ0n) is 20.0. The number of halogens is 1. The van der Waals surface area contributed by atoms with E-state index in [1.807, 2.05) is 47.8 Å². The number of carbonyl (C=O) groups excluding carboxylic acids is 2. The average Bonchev–Trinajstić information content (AvgIpc) is 3.53. The van der Waals surface area contributed by atoms with E-state index in [-0.39, 0.29) is 42.8 Å². The van der Waals surface area contributed by atoms with Crippen molar-refractivity contribution in [1.29, 1.82) is 0 Å². The maximum atomic E-state index is 13.4. The highest BCUT2D eigenvalue weighted by molar-refractivity contribution is 7.16. The highest BCUT2D eigenvalue weighted by Crippen LogP contribution is 2.30. The summed E-state index contributed by atoms with van der Waals surface area (Å²) < 4.78 is 0.963. The van der Waals surface area contributed by atoms with E-state index in [0.29, 0.717) is 22.9 Å². The normalized spacial score (nSPS) is 17.2. The van der Waals surface area contributed by atoms with Crippen LogP contribution < -0.4 is 16.0 Å². The van der Waals surface area contributed by atoms with Crippen LogP contribution >= 0.6 is 35.1 Å². The molecule has 0 bridgehead atoms. The number of benzene rings is 2. The smallest absolute Gasteiger partial charge is 0.244 e. The number of thiazole rings is 2. The first kappa shape index (κ1) is 27.0. The fourth-order valence-electron chi connectivity index (χ4n) is 4.53. The van der Waals surface area contributed by atoms with Crippen LogP contribution in [0.1, 0.15) is 32.1 Å². The topological polar surface area (TPSA) is 121 Å². The number of nitrogen functional groups attached to an aromatic ring is 1. The Balaban J connectivity index is 0.00000320. The lowest BCUT2D eigenvalue weighted by molar-refractivity contribution is -0.122. The van der Waals surface area contributed by atoms with Crippen molar-refractivity contribution in [2.45, 2.75) is 38.2 Å². The summed E-state index contributed by atoms with van der Waals surface area (Å²) in [4.78, 5) is 36.6. The standard InChI is InChI=1S/C26H27N5O3S2.ClH/c27-26-30-22(14-35-26)17-3-5-18(6-4-17)29-24(33)13-31(19-7-10-21-23(12-19)36-15-28-21)25(34)11-16-1-8-20(32)9-2-16;/h3-7,10,12,14-16,20,32H,1-2,8-9,11,13H2,(H2,27,30)(H,29,33);1H. The summed E-state index contributed by atoms with van der Waals surface area (Å²) in [6.45, 7) is -0.0944. The molecule has 8 nitrogen and oxygen atoms in total. The number of aliphatic hydroxyl groups excluding tert-OH is 1. The molecule has 0 spiro atoms. The summed E-state index contributed by atoms with van der Waals surface area (Å²) in [6, 6.07) is 13.0. The maximum Gasteiger partial charge on any atom is 0.244 e. The van der Waals surface area contributed by atoms with Gasteiger partial charge in [-0.2, -0.15) is 0 Å². The lowest BCUT2D eigenvalue weighted by atomic mass is 9.85. The molecule has 0 saturated heterocycles. The largest absolute Gasteiger partial charge is 0.393 e. The number of amides is 2. The predicted molar refractivity (Wildman–Crippen MR) is 152 cm³/mol. The molecule has 0 atom stereocenters. The van der Waals surface area contributed by atoms with Crippen molar-refractivity contribution in [3.63, 3.8) is 0 Å². The van der Waals surface area contributed by atoms with Gasteiger partial charge in [0.05, 0.1) is 27.5 Å². The summed E-state index contributed by atoms with van der Waals surface area (Å²) >= 11 is 2.88. The Kier molecular flexibility index (Phi) is 8.75. The van der Waals surface area contributed by atoms with E-state index < -0.39 is 0 Å². The molecule has 2 heterocycles. The van der Waals surface area contributed by atoms with Crippen molar-refractivity contribution < 1.29 is 14.7 Å². The van der Waals surface area contributed by atoms with Gasteiger partial charge in [-0.3, -0.25) is 9.59 Å². The number of fused-ring (bicyclic) bond motifs is 1. The number of nitrogens with zero attached hydrogens (tertiary/aromatic N) is 3. The van der Waals surface area contributed by atoms with Crippen LogP contribution in [0.25, 0.3) is 21.5 Å². The second-order valence-electron chi connectivity index (χ2n) is 9.06. The van der Waals surface area contributed by atoms with E-state index in [2.05, 4.69) is 15.3 Å². The Morgan fingerprint density at radius 2 is 1.84 bits per heavy atom. The first-order valence-corrected chi connectivity index (χ1v) is 13.6. The van der Waals surface area contributed by atoms with Crippen LogP contribution in [0, 0.1) is 5.92 Å². The van der Waals surface area contributed by atoms with Crippen LogP contribution in [0.3, 0.4) is 0 Å². The number of hydrogen-bond donors (Lipinski definition) is 3. The summed E-state index contributed by atoms with van der Waals surface area (Å²) in [5, 5.41) is 15.1. The first-order valence-electron chi connectivity index (χ1n) is 11.9. The third-order valence-corrected chi connectivity index (χ3v) is 7.96. The van der Waals surface area contributed by atoms with E-state index in [4.69, 9.17) is 5.73 Å². The van der Waals surface area contributed by atoms with Crippen LogP contribution in [0.5, 0.6) is 0 Å². The third-order valence-electron chi connectivity index (χ3n) is 6.50. The minimum Gasteiger partial charge on any atom is -0.393 e. The van der Waals surface area contributed by atoms with Crippen molar-refractivity contribution in [3.05, 3.63) is 53.4 Å². The van der Waals surface area contributed by atoms with E-state index in [1.165, 1.54) is 22.7 Å². The number of carbonyl (C=O) groups is 2. The quantitative estimate of drug-likeness (QED) is 0.282. The molecule has 0 aliphatic heterocycles. The molecule has 5 rings (SSSR count). The van der Waals surface area contributed by atoms with Crippen LogP contribution in [-0.2, 0) is 9.59 Å². The Morgan fingerprint density at radius 1 is 1.08 bits per heavy atom. The van der Waals surface area contributed by atoms with Crippen molar-refractivity contribution in [3.8, 4) is 11.3 Å². The maximum absolute atomic E-state index is 13.4. The Morgan fingerprint density at radius 3 is 2.54 bits per heavy atom. The first-order chi connectivity index (χ1) is 17.4. The van der Waals surface area contributed by atoms with Crippen LogP contribution in [0.15, 0.2) is 53.4 Å². The molecule has 1 fully saturated rings. The predicted octanol–water partition coefficient (Wildman–Crippen LogP) is 5.34. The monoisotopic (exact) mass is 557 g/mol. The van der Waals surface area contributed by atoms with E-state index >= 15 is 0 Å². The highest BCUT2D eigenvalue weighted by atomic mass is 35.5. The highest BCUT2D eigenvalue weighted by Gasteiger charge is 2.26. The number of aromatic nitrogens is 2. The summed E-state index contributed by atoms with van der Waals surface area (Å²) in [5.41, 5.74) is 11.4. The molecule has 11 heteroatoms. The van der Waals surface area contributed by atoms with E-state index in [9.17, 15) is 14.7 Å². The molecule has 2 amide bonds. The number of nitrogens with two attached hydrogens (primary N) is 1.